The van der Waals surface area contributed by atoms with Crippen molar-refractivity contribution in [3.8, 4) is 0 Å². The van der Waals surface area contributed by atoms with Gasteiger partial charge in [-0.3, -0.25) is 4.57 Å². The third-order valence-corrected chi connectivity index (χ3v) is 4.23. The Kier molecular flexibility index (Phi) is 3.57. The summed E-state index contributed by atoms with van der Waals surface area (Å²) in [6.45, 7) is 6.00. The summed E-state index contributed by atoms with van der Waals surface area (Å²) in [6.07, 6.45) is 0. The van der Waals surface area contributed by atoms with Gasteiger partial charge in [-0.15, -0.1) is 0 Å². The predicted molar refractivity (Wildman–Crippen MR) is 43.3 cm³/mol. The van der Waals surface area contributed by atoms with Gasteiger partial charge in [-0.05, 0) is 7.05 Å². The van der Waals surface area contributed by atoms with Gasteiger partial charge >= 0.3 is 0 Å². The van der Waals surface area contributed by atoms with Gasteiger partial charge in [0, 0.05) is 12.2 Å². The highest BCUT2D eigenvalue weighted by Gasteiger charge is 2.26. The van der Waals surface area contributed by atoms with Gasteiger partial charge in [-0.1, -0.05) is 20.8 Å². The van der Waals surface area contributed by atoms with Crippen LogP contribution < -0.4 is 0 Å². The topological polar surface area (TPSA) is 40.5 Å². The van der Waals surface area contributed by atoms with E-state index in [1.165, 1.54) is 4.67 Å². The van der Waals surface area contributed by atoms with E-state index in [1.54, 1.807) is 20.9 Å². The van der Waals surface area contributed by atoms with Gasteiger partial charge in [0.15, 0.2) is 0 Å². The van der Waals surface area contributed by atoms with E-state index >= 15 is 0 Å². The maximum absolute atomic E-state index is 11.3. The molecule has 0 aliphatic rings. The lowest BCUT2D eigenvalue weighted by Gasteiger charge is -2.24. The van der Waals surface area contributed by atoms with Crippen molar-refractivity contribution in [2.45, 2.75) is 26.4 Å². The Hall–Kier alpha value is 0.150. The van der Waals surface area contributed by atoms with Crippen molar-refractivity contribution >= 4 is 7.52 Å². The number of hydrogen-bond donors (Lipinski definition) is 1. The molecule has 0 amide bonds. The molecule has 0 aliphatic carbocycles. The van der Waals surface area contributed by atoms with Crippen LogP contribution >= 0.6 is 7.52 Å². The SMILES string of the molecule is CCN(C)P(=O)(O)C(C)C. The summed E-state index contributed by atoms with van der Waals surface area (Å²) in [5.41, 5.74) is -0.169. The zero-order valence-corrected chi connectivity index (χ0v) is 7.93. The van der Waals surface area contributed by atoms with Crippen LogP contribution in [0.25, 0.3) is 0 Å². The van der Waals surface area contributed by atoms with Crippen molar-refractivity contribution in [3.63, 3.8) is 0 Å². The molecule has 0 bridgehead atoms. The van der Waals surface area contributed by atoms with Gasteiger partial charge in [-0.2, -0.15) is 0 Å². The Morgan fingerprint density at radius 1 is 1.60 bits per heavy atom. The van der Waals surface area contributed by atoms with Crippen LogP contribution in [0.3, 0.4) is 0 Å². The maximum atomic E-state index is 11.3. The number of nitrogens with zero attached hydrogens (tertiary/aromatic N) is 1. The molecule has 0 spiro atoms. The summed E-state index contributed by atoms with van der Waals surface area (Å²) in [4.78, 5) is 9.34. The van der Waals surface area contributed by atoms with Gasteiger partial charge < -0.3 is 4.89 Å². The van der Waals surface area contributed by atoms with Crippen molar-refractivity contribution in [2.75, 3.05) is 13.6 Å². The van der Waals surface area contributed by atoms with E-state index in [1.807, 2.05) is 6.92 Å². The lowest BCUT2D eigenvalue weighted by molar-refractivity contribution is 0.381. The molecule has 1 atom stereocenters. The smallest absolute Gasteiger partial charge is 0.272 e. The molecule has 0 saturated heterocycles. The Balaban J connectivity index is 4.25. The number of hydrogen-bond acceptors (Lipinski definition) is 1. The van der Waals surface area contributed by atoms with Gasteiger partial charge in [0.05, 0.1) is 0 Å². The van der Waals surface area contributed by atoms with Crippen molar-refractivity contribution in [2.24, 2.45) is 0 Å². The summed E-state index contributed by atoms with van der Waals surface area (Å²) in [5, 5.41) is 0. The van der Waals surface area contributed by atoms with Crippen LogP contribution in [0.4, 0.5) is 0 Å². The molecular formula is C6H16NO2P. The van der Waals surface area contributed by atoms with E-state index < -0.39 is 7.52 Å². The Morgan fingerprint density at radius 3 is 2.10 bits per heavy atom. The molecule has 0 fully saturated rings. The van der Waals surface area contributed by atoms with E-state index in [9.17, 15) is 9.46 Å². The molecule has 0 saturated carbocycles. The van der Waals surface area contributed by atoms with Gasteiger partial charge in [0.25, 0.3) is 7.52 Å². The molecule has 0 aromatic heterocycles. The quantitative estimate of drug-likeness (QED) is 0.645. The van der Waals surface area contributed by atoms with Crippen LogP contribution in [0.1, 0.15) is 20.8 Å². The molecule has 0 radical (unpaired) electrons. The van der Waals surface area contributed by atoms with Crippen LogP contribution in [-0.4, -0.2) is 28.8 Å². The highest BCUT2D eigenvalue weighted by Crippen LogP contribution is 2.48. The number of rotatable bonds is 3. The second-order valence-corrected chi connectivity index (χ2v) is 5.55. The first kappa shape index (κ1) is 10.2. The minimum atomic E-state index is -3.02. The van der Waals surface area contributed by atoms with E-state index in [-0.39, 0.29) is 5.66 Å². The van der Waals surface area contributed by atoms with Crippen LogP contribution in [0.2, 0.25) is 0 Å². The van der Waals surface area contributed by atoms with E-state index in [2.05, 4.69) is 0 Å². The third-order valence-electron chi connectivity index (χ3n) is 1.62. The molecule has 0 rings (SSSR count). The van der Waals surface area contributed by atoms with E-state index in [0.29, 0.717) is 6.54 Å². The zero-order chi connectivity index (χ0) is 8.36. The zero-order valence-electron chi connectivity index (χ0n) is 7.03. The highest BCUT2D eigenvalue weighted by atomic mass is 31.2. The van der Waals surface area contributed by atoms with Crippen molar-refractivity contribution in [1.82, 2.24) is 4.67 Å². The van der Waals surface area contributed by atoms with Gasteiger partial charge in [-0.25, -0.2) is 4.67 Å². The summed E-state index contributed by atoms with van der Waals surface area (Å²) >= 11 is 0. The second kappa shape index (κ2) is 3.51. The Bertz CT molecular complexity index is 147. The van der Waals surface area contributed by atoms with Crippen molar-refractivity contribution in [1.29, 1.82) is 0 Å². The molecule has 0 aromatic rings. The minimum absolute atomic E-state index is 0.169. The average Bonchev–Trinajstić information content (AvgIpc) is 1.86. The van der Waals surface area contributed by atoms with Crippen molar-refractivity contribution in [3.05, 3.63) is 0 Å². The molecule has 0 aliphatic heterocycles. The fraction of sp³-hybridized carbons (Fsp3) is 1.00. The van der Waals surface area contributed by atoms with Crippen LogP contribution in [-0.2, 0) is 4.57 Å². The average molecular weight is 165 g/mol. The predicted octanol–water partition coefficient (Wildman–Crippen LogP) is 1.53. The molecule has 10 heavy (non-hydrogen) atoms. The molecular weight excluding hydrogens is 149 g/mol. The Labute approximate surface area is 62.6 Å². The molecule has 1 unspecified atom stereocenters. The molecule has 0 heterocycles. The lowest BCUT2D eigenvalue weighted by atomic mass is 10.6. The van der Waals surface area contributed by atoms with E-state index in [0.717, 1.165) is 0 Å². The summed E-state index contributed by atoms with van der Waals surface area (Å²) in [6, 6.07) is 0. The minimum Gasteiger partial charge on any atom is -0.333 e. The first-order valence-corrected chi connectivity index (χ1v) is 5.15. The van der Waals surface area contributed by atoms with Gasteiger partial charge in [0.2, 0.25) is 0 Å². The fourth-order valence-corrected chi connectivity index (χ4v) is 1.79. The largest absolute Gasteiger partial charge is 0.333 e. The fourth-order valence-electron chi connectivity index (χ4n) is 0.597. The molecule has 62 valence electrons. The summed E-state index contributed by atoms with van der Waals surface area (Å²) < 4.78 is 12.8. The van der Waals surface area contributed by atoms with Crippen LogP contribution in [0.15, 0.2) is 0 Å². The lowest BCUT2D eigenvalue weighted by Crippen LogP contribution is -2.19. The summed E-state index contributed by atoms with van der Waals surface area (Å²) in [7, 11) is -1.35. The molecule has 3 nitrogen and oxygen atoms in total. The standard InChI is InChI=1S/C6H16NO2P/c1-5-7(4)10(8,9)6(2)3/h6H,5H2,1-4H3,(H,8,9). The first-order valence-electron chi connectivity index (χ1n) is 3.47. The third kappa shape index (κ3) is 2.08. The van der Waals surface area contributed by atoms with Crippen molar-refractivity contribution < 1.29 is 9.46 Å². The maximum Gasteiger partial charge on any atom is 0.272 e. The monoisotopic (exact) mass is 165 g/mol. The molecule has 1 N–H and O–H groups in total. The van der Waals surface area contributed by atoms with E-state index in [4.69, 9.17) is 0 Å². The molecule has 0 aromatic carbocycles. The highest BCUT2D eigenvalue weighted by molar-refractivity contribution is 7.56. The second-order valence-electron chi connectivity index (χ2n) is 2.66. The summed E-state index contributed by atoms with van der Waals surface area (Å²) in [5.74, 6) is 0. The normalized spacial score (nSPS) is 17.9. The van der Waals surface area contributed by atoms with Gasteiger partial charge in [0.1, 0.15) is 0 Å². The first-order chi connectivity index (χ1) is 4.42. The van der Waals surface area contributed by atoms with Crippen LogP contribution in [0, 0.1) is 0 Å². The molecule has 4 heteroatoms. The Morgan fingerprint density at radius 2 is 2.00 bits per heavy atom. The van der Waals surface area contributed by atoms with Crippen LogP contribution in [0.5, 0.6) is 0 Å².